The Morgan fingerprint density at radius 3 is 2.62 bits per heavy atom. The lowest BCUT2D eigenvalue weighted by atomic mass is 9.90. The molecular weight excluding hydrogens is 228 g/mol. The zero-order valence-corrected chi connectivity index (χ0v) is 11.0. The van der Waals surface area contributed by atoms with Gasteiger partial charge in [-0.2, -0.15) is 0 Å². The van der Waals surface area contributed by atoms with Crippen molar-refractivity contribution in [2.24, 2.45) is 0 Å². The first-order valence-electron chi connectivity index (χ1n) is 5.76. The van der Waals surface area contributed by atoms with E-state index in [1.54, 1.807) is 0 Å². The molecule has 0 atom stereocenters. The molecule has 0 unspecified atom stereocenters. The van der Waals surface area contributed by atoms with Gasteiger partial charge in [-0.1, -0.05) is 6.92 Å². The van der Waals surface area contributed by atoms with Crippen LogP contribution in [0.4, 0.5) is 0 Å². The number of rotatable bonds is 5. The van der Waals surface area contributed by atoms with Crippen LogP contribution in [0.1, 0.15) is 33.1 Å². The lowest BCUT2D eigenvalue weighted by Gasteiger charge is -2.34. The van der Waals surface area contributed by atoms with Gasteiger partial charge in [0.15, 0.2) is 0 Å². The van der Waals surface area contributed by atoms with Gasteiger partial charge in [0.1, 0.15) is 6.61 Å². The van der Waals surface area contributed by atoms with Crippen LogP contribution in [0, 0.1) is 0 Å². The van der Waals surface area contributed by atoms with Crippen molar-refractivity contribution in [3.05, 3.63) is 0 Å². The van der Waals surface area contributed by atoms with Crippen LogP contribution in [0.15, 0.2) is 0 Å². The Bertz CT molecular complexity index is 206. The summed E-state index contributed by atoms with van der Waals surface area (Å²) in [7, 11) is 0. The van der Waals surface area contributed by atoms with E-state index in [1.807, 2.05) is 6.92 Å². The van der Waals surface area contributed by atoms with Crippen molar-refractivity contribution in [2.45, 2.75) is 38.6 Å². The summed E-state index contributed by atoms with van der Waals surface area (Å²) in [6.45, 7) is 6.94. The van der Waals surface area contributed by atoms with E-state index in [0.717, 1.165) is 32.4 Å². The lowest BCUT2D eigenvalue weighted by molar-refractivity contribution is -0.127. The van der Waals surface area contributed by atoms with Gasteiger partial charge in [-0.25, -0.2) is 0 Å². The largest absolute Gasteiger partial charge is 0.372 e. The maximum atomic E-state index is 11.5. The molecule has 0 saturated carbocycles. The minimum absolute atomic E-state index is 0. The molecule has 1 fully saturated rings. The Hall–Kier alpha value is -0.320. The zero-order chi connectivity index (χ0) is 11.1. The van der Waals surface area contributed by atoms with E-state index in [4.69, 9.17) is 4.74 Å². The summed E-state index contributed by atoms with van der Waals surface area (Å²) in [5, 5.41) is 6.33. The maximum absolute atomic E-state index is 11.5. The van der Waals surface area contributed by atoms with Gasteiger partial charge in [0.2, 0.25) is 5.91 Å². The molecule has 2 N–H and O–H groups in total. The second-order valence-corrected chi connectivity index (χ2v) is 4.41. The van der Waals surface area contributed by atoms with Crippen LogP contribution in [0.3, 0.4) is 0 Å². The number of ether oxygens (including phenoxy) is 1. The fourth-order valence-corrected chi connectivity index (χ4v) is 1.79. The van der Waals surface area contributed by atoms with Gasteiger partial charge in [-0.15, -0.1) is 12.4 Å². The normalized spacial score (nSPS) is 18.6. The summed E-state index contributed by atoms with van der Waals surface area (Å²) < 4.78 is 5.20. The third-order valence-electron chi connectivity index (χ3n) is 2.73. The van der Waals surface area contributed by atoms with Gasteiger partial charge in [0.25, 0.3) is 0 Å². The van der Waals surface area contributed by atoms with Gasteiger partial charge in [-0.05, 0) is 39.3 Å². The van der Waals surface area contributed by atoms with Crippen LogP contribution in [0.25, 0.3) is 0 Å². The van der Waals surface area contributed by atoms with Gasteiger partial charge in [0.05, 0.1) is 0 Å². The van der Waals surface area contributed by atoms with Crippen LogP contribution in [-0.4, -0.2) is 37.7 Å². The monoisotopic (exact) mass is 250 g/mol. The van der Waals surface area contributed by atoms with E-state index in [2.05, 4.69) is 17.6 Å². The van der Waals surface area contributed by atoms with Gasteiger partial charge < -0.3 is 15.4 Å². The van der Waals surface area contributed by atoms with E-state index in [1.165, 1.54) is 0 Å². The Labute approximate surface area is 104 Å². The molecule has 1 saturated heterocycles. The second kappa shape index (κ2) is 7.87. The van der Waals surface area contributed by atoms with E-state index >= 15 is 0 Å². The summed E-state index contributed by atoms with van der Waals surface area (Å²) in [4.78, 5) is 11.5. The van der Waals surface area contributed by atoms with Crippen molar-refractivity contribution < 1.29 is 9.53 Å². The molecule has 1 amide bonds. The minimum Gasteiger partial charge on any atom is -0.372 e. The Morgan fingerprint density at radius 1 is 1.44 bits per heavy atom. The molecule has 96 valence electrons. The van der Waals surface area contributed by atoms with Crippen LogP contribution in [0.2, 0.25) is 0 Å². The lowest BCUT2D eigenvalue weighted by Crippen LogP contribution is -2.53. The van der Waals surface area contributed by atoms with Crippen LogP contribution in [-0.2, 0) is 9.53 Å². The van der Waals surface area contributed by atoms with Crippen molar-refractivity contribution >= 4 is 18.3 Å². The highest BCUT2D eigenvalue weighted by atomic mass is 35.5. The molecule has 0 bridgehead atoms. The molecule has 0 aromatic carbocycles. The first-order valence-corrected chi connectivity index (χ1v) is 5.76. The van der Waals surface area contributed by atoms with E-state index in [0.29, 0.717) is 6.61 Å². The van der Waals surface area contributed by atoms with Gasteiger partial charge in [0, 0.05) is 12.1 Å². The summed E-state index contributed by atoms with van der Waals surface area (Å²) in [5.74, 6) is 0.00727. The zero-order valence-electron chi connectivity index (χ0n) is 10.2. The number of piperidine rings is 1. The molecule has 1 aliphatic rings. The van der Waals surface area contributed by atoms with E-state index in [9.17, 15) is 4.79 Å². The standard InChI is InChI=1S/C11H22N2O2.ClH/c1-3-8-15-9-10(14)13-11(2)4-6-12-7-5-11;/h12H,3-9H2,1-2H3,(H,13,14);1H. The van der Waals surface area contributed by atoms with Crippen LogP contribution < -0.4 is 10.6 Å². The summed E-state index contributed by atoms with van der Waals surface area (Å²) in [6.07, 6.45) is 2.94. The number of nitrogens with one attached hydrogen (secondary N) is 2. The average molecular weight is 251 g/mol. The number of halogens is 1. The third kappa shape index (κ3) is 5.68. The molecule has 0 aromatic heterocycles. The molecule has 0 aliphatic carbocycles. The molecule has 0 spiro atoms. The first kappa shape index (κ1) is 15.7. The molecule has 1 heterocycles. The van der Waals surface area contributed by atoms with Crippen molar-refractivity contribution in [3.8, 4) is 0 Å². The fourth-order valence-electron chi connectivity index (χ4n) is 1.79. The topological polar surface area (TPSA) is 50.4 Å². The molecule has 0 radical (unpaired) electrons. The Morgan fingerprint density at radius 2 is 2.06 bits per heavy atom. The highest BCUT2D eigenvalue weighted by molar-refractivity contribution is 5.85. The van der Waals surface area contributed by atoms with Crippen LogP contribution >= 0.6 is 12.4 Å². The SMILES string of the molecule is CCCOCC(=O)NC1(C)CCNCC1.Cl. The third-order valence-corrected chi connectivity index (χ3v) is 2.73. The maximum Gasteiger partial charge on any atom is 0.246 e. The number of amides is 1. The number of carbonyl (C=O) groups excluding carboxylic acids is 1. The summed E-state index contributed by atoms with van der Waals surface area (Å²) in [5.41, 5.74) is -0.0437. The van der Waals surface area contributed by atoms with Gasteiger partial charge >= 0.3 is 0 Å². The van der Waals surface area contributed by atoms with E-state index < -0.39 is 0 Å². The predicted octanol–water partition coefficient (Wildman–Crippen LogP) is 1.09. The highest BCUT2D eigenvalue weighted by Gasteiger charge is 2.27. The summed E-state index contributed by atoms with van der Waals surface area (Å²) >= 11 is 0. The Kier molecular flexibility index (Phi) is 7.72. The number of hydrogen-bond donors (Lipinski definition) is 2. The molecule has 1 rings (SSSR count). The van der Waals surface area contributed by atoms with Crippen LogP contribution in [0.5, 0.6) is 0 Å². The summed E-state index contributed by atoms with van der Waals surface area (Å²) in [6, 6.07) is 0. The van der Waals surface area contributed by atoms with E-state index in [-0.39, 0.29) is 30.5 Å². The molecule has 5 heteroatoms. The average Bonchev–Trinajstić information content (AvgIpc) is 2.18. The predicted molar refractivity (Wildman–Crippen MR) is 67.0 cm³/mol. The van der Waals surface area contributed by atoms with Crippen molar-refractivity contribution in [3.63, 3.8) is 0 Å². The number of hydrogen-bond acceptors (Lipinski definition) is 3. The minimum atomic E-state index is -0.0437. The quantitative estimate of drug-likeness (QED) is 0.719. The first-order chi connectivity index (χ1) is 7.16. The molecule has 1 aliphatic heterocycles. The molecule has 4 nitrogen and oxygen atoms in total. The molecule has 16 heavy (non-hydrogen) atoms. The molecule has 0 aromatic rings. The van der Waals surface area contributed by atoms with Crippen molar-refractivity contribution in [1.82, 2.24) is 10.6 Å². The smallest absolute Gasteiger partial charge is 0.246 e. The Balaban J connectivity index is 0.00000225. The van der Waals surface area contributed by atoms with Crippen molar-refractivity contribution in [2.75, 3.05) is 26.3 Å². The van der Waals surface area contributed by atoms with Gasteiger partial charge in [-0.3, -0.25) is 4.79 Å². The fraction of sp³-hybridized carbons (Fsp3) is 0.909. The second-order valence-electron chi connectivity index (χ2n) is 4.41. The highest BCUT2D eigenvalue weighted by Crippen LogP contribution is 2.16. The van der Waals surface area contributed by atoms with Crippen molar-refractivity contribution in [1.29, 1.82) is 0 Å². The number of carbonyl (C=O) groups is 1. The molecular formula is C11H23ClN2O2.